The number of benzene rings is 2. The molecule has 210 valence electrons. The lowest BCUT2D eigenvalue weighted by Crippen LogP contribution is -2.51. The Hall–Kier alpha value is -3.22. The topological polar surface area (TPSA) is 48.7 Å². The van der Waals surface area contributed by atoms with Crippen molar-refractivity contribution < 1.29 is 31.9 Å². The lowest BCUT2D eigenvalue weighted by atomic mass is 9.83. The number of alkyl halides is 3. The largest absolute Gasteiger partial charge is 0.489 e. The first-order valence-corrected chi connectivity index (χ1v) is 13.7. The number of ether oxygens (including phenoxy) is 2. The summed E-state index contributed by atoms with van der Waals surface area (Å²) in [6, 6.07) is 13.5. The van der Waals surface area contributed by atoms with Crippen LogP contribution in [0.25, 0.3) is 22.3 Å². The van der Waals surface area contributed by atoms with E-state index in [1.807, 2.05) is 6.07 Å². The molecule has 4 nitrogen and oxygen atoms in total. The fourth-order valence-electron chi connectivity index (χ4n) is 5.36. The van der Waals surface area contributed by atoms with Crippen LogP contribution in [0.4, 0.5) is 13.2 Å². The van der Waals surface area contributed by atoms with Gasteiger partial charge in [-0.25, -0.2) is 4.79 Å². The molecule has 1 saturated carbocycles. The van der Waals surface area contributed by atoms with Crippen LogP contribution >= 0.6 is 0 Å². The molecule has 1 aliphatic rings. The van der Waals surface area contributed by atoms with E-state index >= 15 is 0 Å². The van der Waals surface area contributed by atoms with Crippen LogP contribution in [-0.4, -0.2) is 24.4 Å². The second-order valence-electron chi connectivity index (χ2n) is 10.8. The van der Waals surface area contributed by atoms with Crippen molar-refractivity contribution in [1.29, 1.82) is 0 Å². The molecular weight excluding hydrogens is 505 g/mol. The van der Waals surface area contributed by atoms with Gasteiger partial charge in [-0.2, -0.15) is 13.2 Å². The van der Waals surface area contributed by atoms with Crippen molar-refractivity contribution in [1.82, 2.24) is 0 Å². The summed E-state index contributed by atoms with van der Waals surface area (Å²) in [5.74, 6) is 0.158. The first-order valence-electron chi connectivity index (χ1n) is 13.7. The highest BCUT2D eigenvalue weighted by Crippen LogP contribution is 2.53. The molecule has 0 radical (unpaired) electrons. The van der Waals surface area contributed by atoms with E-state index in [0.29, 0.717) is 11.3 Å². The normalized spacial score (nSPS) is 21.3. The van der Waals surface area contributed by atoms with E-state index < -0.39 is 29.8 Å². The lowest BCUT2D eigenvalue weighted by Gasteiger charge is -2.37. The highest BCUT2D eigenvalue weighted by atomic mass is 19.4. The van der Waals surface area contributed by atoms with Gasteiger partial charge in [-0.05, 0) is 75.3 Å². The van der Waals surface area contributed by atoms with Gasteiger partial charge in [-0.3, -0.25) is 0 Å². The minimum absolute atomic E-state index is 0.0427. The van der Waals surface area contributed by atoms with Crippen molar-refractivity contribution in [3.05, 3.63) is 65.7 Å². The highest BCUT2D eigenvalue weighted by Gasteiger charge is 2.66. The molecule has 0 spiro atoms. The van der Waals surface area contributed by atoms with Gasteiger partial charge in [0.15, 0.2) is 0 Å². The molecule has 1 heterocycles. The van der Waals surface area contributed by atoms with Crippen LogP contribution in [0.15, 0.2) is 59.0 Å². The zero-order valence-electron chi connectivity index (χ0n) is 23.1. The summed E-state index contributed by atoms with van der Waals surface area (Å²) >= 11 is 0. The van der Waals surface area contributed by atoms with Gasteiger partial charge >= 0.3 is 12.1 Å². The van der Waals surface area contributed by atoms with Gasteiger partial charge in [0.25, 0.3) is 0 Å². The molecule has 1 aliphatic carbocycles. The number of hydrogen-bond acceptors (Lipinski definition) is 4. The monoisotopic (exact) mass is 542 g/mol. The number of hydrogen-bond donors (Lipinski definition) is 0. The Labute approximate surface area is 228 Å². The molecule has 0 N–H and O–H groups in total. The maximum absolute atomic E-state index is 14.3. The Kier molecular flexibility index (Phi) is 8.48. The number of aryl methyl sites for hydroxylation is 2. The lowest BCUT2D eigenvalue weighted by molar-refractivity contribution is -0.262. The van der Waals surface area contributed by atoms with Crippen molar-refractivity contribution in [3.63, 3.8) is 0 Å². The molecule has 3 aromatic rings. The molecule has 3 unspecified atom stereocenters. The predicted octanol–water partition coefficient (Wildman–Crippen LogP) is 8.99. The predicted molar refractivity (Wildman–Crippen MR) is 147 cm³/mol. The summed E-state index contributed by atoms with van der Waals surface area (Å²) < 4.78 is 60.3. The van der Waals surface area contributed by atoms with Crippen molar-refractivity contribution in [2.45, 2.75) is 91.0 Å². The first kappa shape index (κ1) is 28.8. The molecular formula is C32H37F3O4. The van der Waals surface area contributed by atoms with E-state index in [1.165, 1.54) is 30.9 Å². The van der Waals surface area contributed by atoms with E-state index in [9.17, 15) is 18.0 Å². The van der Waals surface area contributed by atoms with E-state index in [2.05, 4.69) is 38.6 Å². The van der Waals surface area contributed by atoms with Gasteiger partial charge in [-0.1, -0.05) is 51.5 Å². The second-order valence-corrected chi connectivity index (χ2v) is 10.8. The number of rotatable bonds is 10. The Morgan fingerprint density at radius 2 is 1.82 bits per heavy atom. The van der Waals surface area contributed by atoms with Gasteiger partial charge in [0.2, 0.25) is 0 Å². The minimum atomic E-state index is -4.64. The summed E-state index contributed by atoms with van der Waals surface area (Å²) in [5, 5.41) is 0.838. The SMILES string of the molecule is C=C(C)C(=O)OC1CCC(Oc2ccc3cc(-c4ccc(CCCCC)cc4CC)oc3c2)C1(C)C(F)(F)F. The van der Waals surface area contributed by atoms with Gasteiger partial charge in [0, 0.05) is 22.6 Å². The molecule has 3 atom stereocenters. The zero-order valence-corrected chi connectivity index (χ0v) is 23.1. The van der Waals surface area contributed by atoms with Crippen LogP contribution in [0.1, 0.15) is 70.9 Å². The average molecular weight is 543 g/mol. The van der Waals surface area contributed by atoms with Crippen molar-refractivity contribution >= 4 is 16.9 Å². The summed E-state index contributed by atoms with van der Waals surface area (Å²) in [7, 11) is 0. The summed E-state index contributed by atoms with van der Waals surface area (Å²) in [4.78, 5) is 12.0. The first-order chi connectivity index (χ1) is 18.5. The van der Waals surface area contributed by atoms with Crippen LogP contribution in [-0.2, 0) is 22.4 Å². The molecule has 4 rings (SSSR count). The van der Waals surface area contributed by atoms with Gasteiger partial charge in [0.05, 0.1) is 0 Å². The zero-order chi connectivity index (χ0) is 28.4. The Morgan fingerprint density at radius 3 is 2.49 bits per heavy atom. The molecule has 7 heteroatoms. The Balaban J connectivity index is 1.58. The summed E-state index contributed by atoms with van der Waals surface area (Å²) in [5.41, 5.74) is 1.75. The van der Waals surface area contributed by atoms with Crippen LogP contribution in [0.3, 0.4) is 0 Å². The third-order valence-corrected chi connectivity index (χ3v) is 7.89. The second kappa shape index (κ2) is 11.5. The number of esters is 1. The van der Waals surface area contributed by atoms with E-state index in [4.69, 9.17) is 13.9 Å². The van der Waals surface area contributed by atoms with Crippen molar-refractivity contribution in [2.75, 3.05) is 0 Å². The van der Waals surface area contributed by atoms with Crippen LogP contribution in [0.2, 0.25) is 0 Å². The molecule has 0 aliphatic heterocycles. The molecule has 1 fully saturated rings. The quantitative estimate of drug-likeness (QED) is 0.146. The van der Waals surface area contributed by atoms with E-state index in [0.717, 1.165) is 37.1 Å². The van der Waals surface area contributed by atoms with Crippen molar-refractivity contribution in [2.24, 2.45) is 5.41 Å². The summed E-state index contributed by atoms with van der Waals surface area (Å²) in [6.45, 7) is 10.3. The standard InChI is InChI=1S/C32H37F3O4/c1-6-8-9-10-21-11-14-25(22(7-2)17-21)27-18-23-12-13-24(19-26(23)38-27)37-28-15-16-29(39-30(36)20(3)4)31(28,5)32(33,34)35/h11-14,17-19,28-29H,3,6-10,15-16H2,1-2,4-5H3. The smallest absolute Gasteiger partial charge is 0.401 e. The Morgan fingerprint density at radius 1 is 1.08 bits per heavy atom. The number of carbonyl (C=O) groups is 1. The van der Waals surface area contributed by atoms with Gasteiger partial charge in [-0.15, -0.1) is 0 Å². The third kappa shape index (κ3) is 5.87. The molecule has 1 aromatic heterocycles. The molecule has 39 heavy (non-hydrogen) atoms. The van der Waals surface area contributed by atoms with Crippen LogP contribution in [0.5, 0.6) is 5.75 Å². The van der Waals surface area contributed by atoms with Gasteiger partial charge < -0.3 is 13.9 Å². The van der Waals surface area contributed by atoms with E-state index in [1.54, 1.807) is 18.2 Å². The third-order valence-electron chi connectivity index (χ3n) is 7.89. The number of halogens is 3. The number of unbranched alkanes of at least 4 members (excludes halogenated alkanes) is 2. The van der Waals surface area contributed by atoms with E-state index in [-0.39, 0.29) is 24.2 Å². The van der Waals surface area contributed by atoms with Gasteiger partial charge in [0.1, 0.15) is 34.7 Å². The molecule has 0 saturated heterocycles. The number of fused-ring (bicyclic) bond motifs is 1. The number of carbonyl (C=O) groups excluding carboxylic acids is 1. The maximum Gasteiger partial charge on any atom is 0.401 e. The molecule has 2 aromatic carbocycles. The molecule has 0 amide bonds. The number of furan rings is 1. The minimum Gasteiger partial charge on any atom is -0.489 e. The average Bonchev–Trinajstić information content (AvgIpc) is 3.45. The van der Waals surface area contributed by atoms with Crippen LogP contribution in [0, 0.1) is 5.41 Å². The molecule has 0 bridgehead atoms. The summed E-state index contributed by atoms with van der Waals surface area (Å²) in [6.07, 6.45) is -1.62. The Bertz CT molecular complexity index is 1340. The fourth-order valence-corrected chi connectivity index (χ4v) is 5.36. The maximum atomic E-state index is 14.3. The van der Waals surface area contributed by atoms with Crippen molar-refractivity contribution in [3.8, 4) is 17.1 Å². The van der Waals surface area contributed by atoms with Crippen LogP contribution < -0.4 is 4.74 Å². The highest BCUT2D eigenvalue weighted by molar-refractivity contribution is 5.87. The fraction of sp³-hybridized carbons (Fsp3) is 0.469.